The standard InChI is InChI=1S/C21H34FN5O2.HI/c1-3-24-21(26-14-16(2)29-19-9-4-8-18(22)13-19)25-10-6-12-27-11-5-7-17(15-27)20(23)28;/h4,8-9,13,16-17H,3,5-7,10-12,14-15H2,1-2H3,(H2,23,28)(H2,24,25,26);1H. The highest BCUT2D eigenvalue weighted by atomic mass is 127. The van der Waals surface area contributed by atoms with Crippen molar-refractivity contribution in [1.29, 1.82) is 0 Å². The lowest BCUT2D eigenvalue weighted by atomic mass is 9.97. The van der Waals surface area contributed by atoms with Crippen molar-refractivity contribution in [3.63, 3.8) is 0 Å². The Bertz CT molecular complexity index is 677. The summed E-state index contributed by atoms with van der Waals surface area (Å²) in [7, 11) is 0. The number of rotatable bonds is 10. The normalized spacial score (nSPS) is 18.2. The van der Waals surface area contributed by atoms with Crippen LogP contribution in [0, 0.1) is 11.7 Å². The van der Waals surface area contributed by atoms with Crippen LogP contribution in [0.2, 0.25) is 0 Å². The molecule has 0 bridgehead atoms. The summed E-state index contributed by atoms with van der Waals surface area (Å²) in [5, 5.41) is 6.55. The van der Waals surface area contributed by atoms with Crippen LogP contribution in [0.25, 0.3) is 0 Å². The topological polar surface area (TPSA) is 92.0 Å². The van der Waals surface area contributed by atoms with Gasteiger partial charge in [0.1, 0.15) is 17.7 Å². The van der Waals surface area contributed by atoms with Crippen molar-refractivity contribution in [2.45, 2.75) is 39.2 Å². The minimum Gasteiger partial charge on any atom is -0.489 e. The maximum absolute atomic E-state index is 13.2. The molecular weight excluding hydrogens is 500 g/mol. The van der Waals surface area contributed by atoms with E-state index in [-0.39, 0.29) is 47.7 Å². The first-order chi connectivity index (χ1) is 14.0. The largest absolute Gasteiger partial charge is 0.489 e. The van der Waals surface area contributed by atoms with Crippen LogP contribution in [-0.2, 0) is 4.79 Å². The van der Waals surface area contributed by atoms with E-state index in [1.807, 2.05) is 13.8 Å². The molecule has 0 aromatic heterocycles. The molecule has 2 rings (SSSR count). The summed E-state index contributed by atoms with van der Waals surface area (Å²) in [6.45, 7) is 8.63. The maximum Gasteiger partial charge on any atom is 0.221 e. The summed E-state index contributed by atoms with van der Waals surface area (Å²) in [5.74, 6) is 0.709. The molecule has 1 saturated heterocycles. The highest BCUT2D eigenvalue weighted by molar-refractivity contribution is 14.0. The molecule has 0 spiro atoms. The van der Waals surface area contributed by atoms with Crippen LogP contribution in [0.4, 0.5) is 4.39 Å². The molecule has 1 amide bonds. The monoisotopic (exact) mass is 535 g/mol. The number of carbonyl (C=O) groups excluding carboxylic acids is 1. The summed E-state index contributed by atoms with van der Waals surface area (Å²) in [6.07, 6.45) is 2.70. The molecule has 9 heteroatoms. The number of nitrogens with two attached hydrogens (primary N) is 1. The number of amides is 1. The van der Waals surface area contributed by atoms with Gasteiger partial charge in [0.05, 0.1) is 12.5 Å². The molecule has 0 radical (unpaired) electrons. The number of ether oxygens (including phenoxy) is 1. The molecule has 1 aromatic rings. The molecule has 1 aliphatic rings. The Kier molecular flexibility index (Phi) is 12.7. The number of nitrogens with zero attached hydrogens (tertiary/aromatic N) is 2. The van der Waals surface area contributed by atoms with E-state index in [1.54, 1.807) is 12.1 Å². The van der Waals surface area contributed by atoms with Crippen LogP contribution in [0.3, 0.4) is 0 Å². The van der Waals surface area contributed by atoms with Gasteiger partial charge in [0.25, 0.3) is 0 Å². The molecule has 0 saturated carbocycles. The predicted molar refractivity (Wildman–Crippen MR) is 129 cm³/mol. The Balaban J connectivity index is 0.00000450. The molecule has 4 N–H and O–H groups in total. The van der Waals surface area contributed by atoms with E-state index in [2.05, 4.69) is 20.5 Å². The van der Waals surface area contributed by atoms with E-state index in [4.69, 9.17) is 10.5 Å². The number of piperidine rings is 1. The van der Waals surface area contributed by atoms with Gasteiger partial charge in [-0.1, -0.05) is 6.07 Å². The van der Waals surface area contributed by atoms with Crippen molar-refractivity contribution in [3.8, 4) is 5.75 Å². The van der Waals surface area contributed by atoms with Crippen molar-refractivity contribution in [2.75, 3.05) is 39.3 Å². The Hall–Kier alpha value is -1.62. The predicted octanol–water partition coefficient (Wildman–Crippen LogP) is 2.35. The Morgan fingerprint density at radius 1 is 1.43 bits per heavy atom. The van der Waals surface area contributed by atoms with Gasteiger partial charge in [-0.3, -0.25) is 4.79 Å². The average molecular weight is 535 g/mol. The number of guanidine groups is 1. The molecule has 1 aliphatic heterocycles. The van der Waals surface area contributed by atoms with Crippen molar-refractivity contribution >= 4 is 35.8 Å². The minimum absolute atomic E-state index is 0. The number of hydrogen-bond donors (Lipinski definition) is 3. The van der Waals surface area contributed by atoms with Crippen LogP contribution in [0.5, 0.6) is 5.75 Å². The summed E-state index contributed by atoms with van der Waals surface area (Å²) in [4.78, 5) is 18.2. The number of benzene rings is 1. The van der Waals surface area contributed by atoms with Gasteiger partial charge in [-0.15, -0.1) is 24.0 Å². The number of carbonyl (C=O) groups is 1. The molecule has 2 unspecified atom stereocenters. The number of halogens is 2. The number of aliphatic imine (C=N–C) groups is 1. The Morgan fingerprint density at radius 2 is 2.23 bits per heavy atom. The summed E-state index contributed by atoms with van der Waals surface area (Å²) in [5.41, 5.74) is 5.44. The van der Waals surface area contributed by atoms with Gasteiger partial charge in [-0.2, -0.15) is 0 Å². The lowest BCUT2D eigenvalue weighted by Gasteiger charge is -2.31. The van der Waals surface area contributed by atoms with E-state index < -0.39 is 0 Å². The third-order valence-corrected chi connectivity index (χ3v) is 4.84. The molecule has 170 valence electrons. The SMILES string of the molecule is CCNC(=NCC(C)Oc1cccc(F)c1)NCCCN1CCCC(C(N)=O)C1.I. The van der Waals surface area contributed by atoms with E-state index in [1.165, 1.54) is 12.1 Å². The molecule has 1 aromatic carbocycles. The van der Waals surface area contributed by atoms with Gasteiger partial charge < -0.3 is 26.0 Å². The van der Waals surface area contributed by atoms with Gasteiger partial charge in [0, 0.05) is 25.7 Å². The number of nitrogens with one attached hydrogen (secondary N) is 2. The van der Waals surface area contributed by atoms with Crippen molar-refractivity contribution < 1.29 is 13.9 Å². The number of hydrogen-bond acceptors (Lipinski definition) is 4. The quantitative estimate of drug-likeness (QED) is 0.185. The van der Waals surface area contributed by atoms with E-state index in [0.29, 0.717) is 12.3 Å². The highest BCUT2D eigenvalue weighted by Gasteiger charge is 2.23. The third kappa shape index (κ3) is 9.92. The molecule has 1 heterocycles. The molecule has 2 atom stereocenters. The van der Waals surface area contributed by atoms with Crippen molar-refractivity contribution in [2.24, 2.45) is 16.6 Å². The minimum atomic E-state index is -0.316. The lowest BCUT2D eigenvalue weighted by Crippen LogP contribution is -2.43. The lowest BCUT2D eigenvalue weighted by molar-refractivity contribution is -0.123. The van der Waals surface area contributed by atoms with Crippen molar-refractivity contribution in [3.05, 3.63) is 30.1 Å². The van der Waals surface area contributed by atoms with E-state index in [9.17, 15) is 9.18 Å². The summed E-state index contributed by atoms with van der Waals surface area (Å²) >= 11 is 0. The van der Waals surface area contributed by atoms with Crippen molar-refractivity contribution in [1.82, 2.24) is 15.5 Å². The maximum atomic E-state index is 13.2. The van der Waals surface area contributed by atoms with Crippen LogP contribution >= 0.6 is 24.0 Å². The zero-order valence-electron chi connectivity index (χ0n) is 17.9. The van der Waals surface area contributed by atoms with Crippen LogP contribution in [-0.4, -0.2) is 62.1 Å². The Morgan fingerprint density at radius 3 is 2.93 bits per heavy atom. The second-order valence-corrected chi connectivity index (χ2v) is 7.43. The second-order valence-electron chi connectivity index (χ2n) is 7.43. The fourth-order valence-electron chi connectivity index (χ4n) is 3.37. The van der Waals surface area contributed by atoms with Gasteiger partial charge in [-0.05, 0) is 58.3 Å². The van der Waals surface area contributed by atoms with Gasteiger partial charge in [0.2, 0.25) is 5.91 Å². The first kappa shape index (κ1) is 26.4. The molecule has 30 heavy (non-hydrogen) atoms. The van der Waals surface area contributed by atoms with Gasteiger partial charge >= 0.3 is 0 Å². The fourth-order valence-corrected chi connectivity index (χ4v) is 3.37. The summed E-state index contributed by atoms with van der Waals surface area (Å²) < 4.78 is 19.0. The van der Waals surface area contributed by atoms with E-state index in [0.717, 1.165) is 57.9 Å². The smallest absolute Gasteiger partial charge is 0.221 e. The average Bonchev–Trinajstić information content (AvgIpc) is 2.69. The molecular formula is C21H35FIN5O2. The zero-order chi connectivity index (χ0) is 21.1. The summed E-state index contributed by atoms with van der Waals surface area (Å²) in [6, 6.07) is 6.12. The molecule has 1 fully saturated rings. The zero-order valence-corrected chi connectivity index (χ0v) is 20.2. The van der Waals surface area contributed by atoms with Crippen LogP contribution < -0.4 is 21.1 Å². The number of likely N-dealkylation sites (tertiary alicyclic amines) is 1. The second kappa shape index (κ2) is 14.4. The Labute approximate surface area is 196 Å². The molecule has 0 aliphatic carbocycles. The first-order valence-corrected chi connectivity index (χ1v) is 10.4. The van der Waals surface area contributed by atoms with Gasteiger partial charge in [-0.25, -0.2) is 9.38 Å². The van der Waals surface area contributed by atoms with E-state index >= 15 is 0 Å². The molecule has 7 nitrogen and oxygen atoms in total. The first-order valence-electron chi connectivity index (χ1n) is 10.4. The van der Waals surface area contributed by atoms with Crippen LogP contribution in [0.15, 0.2) is 29.3 Å². The third-order valence-electron chi connectivity index (χ3n) is 4.84. The number of primary amides is 1. The highest BCUT2D eigenvalue weighted by Crippen LogP contribution is 2.16. The van der Waals surface area contributed by atoms with Crippen LogP contribution in [0.1, 0.15) is 33.1 Å². The fraction of sp³-hybridized carbons (Fsp3) is 0.619. The van der Waals surface area contributed by atoms with Gasteiger partial charge in [0.15, 0.2) is 5.96 Å².